The molecule has 0 bridgehead atoms. The van der Waals surface area contributed by atoms with Crippen LogP contribution < -0.4 is 5.32 Å². The molecule has 21 heavy (non-hydrogen) atoms. The summed E-state index contributed by atoms with van der Waals surface area (Å²) in [6.45, 7) is 11.7. The van der Waals surface area contributed by atoms with Crippen LogP contribution in [-0.2, 0) is 6.54 Å². The van der Waals surface area contributed by atoms with Crippen molar-refractivity contribution in [2.75, 3.05) is 0 Å². The van der Waals surface area contributed by atoms with Gasteiger partial charge < -0.3 is 10.3 Å². The number of aromatic amines is 1. The Balaban J connectivity index is 1.75. The molecule has 0 amide bonds. The van der Waals surface area contributed by atoms with E-state index in [2.05, 4.69) is 55.9 Å². The summed E-state index contributed by atoms with van der Waals surface area (Å²) >= 11 is 0. The lowest BCUT2D eigenvalue weighted by Crippen LogP contribution is -2.24. The quantitative estimate of drug-likeness (QED) is 0.793. The van der Waals surface area contributed by atoms with Crippen LogP contribution in [0.5, 0.6) is 0 Å². The third-order valence-corrected chi connectivity index (χ3v) is 4.79. The van der Waals surface area contributed by atoms with Crippen molar-refractivity contribution in [3.8, 4) is 0 Å². The van der Waals surface area contributed by atoms with Crippen LogP contribution >= 0.6 is 0 Å². The van der Waals surface area contributed by atoms with Gasteiger partial charge in [-0.1, -0.05) is 26.8 Å². The Morgan fingerprint density at radius 2 is 2.10 bits per heavy atom. The van der Waals surface area contributed by atoms with Gasteiger partial charge in [-0.25, -0.2) is 0 Å². The van der Waals surface area contributed by atoms with Crippen LogP contribution in [0.3, 0.4) is 0 Å². The molecule has 0 saturated heterocycles. The molecule has 0 atom stereocenters. The number of benzene rings is 1. The van der Waals surface area contributed by atoms with Crippen LogP contribution in [0.25, 0.3) is 10.9 Å². The molecule has 1 aromatic carbocycles. The van der Waals surface area contributed by atoms with Crippen molar-refractivity contribution in [1.82, 2.24) is 10.3 Å². The molecule has 1 aromatic heterocycles. The lowest BCUT2D eigenvalue weighted by atomic mass is 9.83. The van der Waals surface area contributed by atoms with E-state index < -0.39 is 0 Å². The molecule has 1 aliphatic rings. The fourth-order valence-corrected chi connectivity index (χ4v) is 3.20. The van der Waals surface area contributed by atoms with Gasteiger partial charge in [-0.2, -0.15) is 0 Å². The van der Waals surface area contributed by atoms with E-state index in [0.717, 1.165) is 6.54 Å². The highest BCUT2D eigenvalue weighted by Gasteiger charge is 2.20. The fraction of sp³-hybridized carbons (Fsp3) is 0.474. The second-order valence-corrected chi connectivity index (χ2v) is 6.75. The SMILES string of the molecule is C=C(NCc1cc2cc(C)c(C(C)C)cc2[nH]1)C1CCC1. The van der Waals surface area contributed by atoms with Crippen molar-refractivity contribution in [2.24, 2.45) is 5.92 Å². The van der Waals surface area contributed by atoms with Gasteiger partial charge in [0.15, 0.2) is 0 Å². The molecule has 2 N–H and O–H groups in total. The van der Waals surface area contributed by atoms with Crippen LogP contribution in [0.15, 0.2) is 30.5 Å². The first-order chi connectivity index (χ1) is 10.0. The van der Waals surface area contributed by atoms with Crippen molar-refractivity contribution in [1.29, 1.82) is 0 Å². The molecular formula is C19H26N2. The average Bonchev–Trinajstić information content (AvgIpc) is 2.74. The van der Waals surface area contributed by atoms with Crippen LogP contribution in [0, 0.1) is 12.8 Å². The van der Waals surface area contributed by atoms with Gasteiger partial charge in [-0.05, 0) is 66.3 Å². The highest BCUT2D eigenvalue weighted by atomic mass is 14.9. The zero-order valence-electron chi connectivity index (χ0n) is 13.4. The second-order valence-electron chi connectivity index (χ2n) is 6.75. The summed E-state index contributed by atoms with van der Waals surface area (Å²) in [5.74, 6) is 1.27. The minimum Gasteiger partial charge on any atom is -0.383 e. The minimum atomic E-state index is 0.567. The largest absolute Gasteiger partial charge is 0.383 e. The zero-order valence-corrected chi connectivity index (χ0v) is 13.4. The van der Waals surface area contributed by atoms with Gasteiger partial charge in [0.05, 0.1) is 6.54 Å². The first-order valence-corrected chi connectivity index (χ1v) is 8.09. The number of hydrogen-bond acceptors (Lipinski definition) is 1. The maximum atomic E-state index is 4.17. The van der Waals surface area contributed by atoms with E-state index >= 15 is 0 Å². The molecule has 0 aliphatic heterocycles. The maximum Gasteiger partial charge on any atom is 0.0548 e. The maximum absolute atomic E-state index is 4.17. The third kappa shape index (κ3) is 2.85. The van der Waals surface area contributed by atoms with Crippen LogP contribution in [-0.4, -0.2) is 4.98 Å². The van der Waals surface area contributed by atoms with Crippen LogP contribution in [0.1, 0.15) is 55.8 Å². The molecule has 2 heteroatoms. The average molecular weight is 282 g/mol. The summed E-state index contributed by atoms with van der Waals surface area (Å²) < 4.78 is 0. The Labute approximate surface area is 127 Å². The Morgan fingerprint density at radius 1 is 1.33 bits per heavy atom. The Bertz CT molecular complexity index is 660. The van der Waals surface area contributed by atoms with Crippen molar-refractivity contribution in [2.45, 2.75) is 52.5 Å². The number of aromatic nitrogens is 1. The van der Waals surface area contributed by atoms with E-state index in [-0.39, 0.29) is 0 Å². The molecule has 0 spiro atoms. The molecule has 2 aromatic rings. The lowest BCUT2D eigenvalue weighted by Gasteiger charge is -2.28. The molecule has 1 aliphatic carbocycles. The van der Waals surface area contributed by atoms with E-state index in [0.29, 0.717) is 11.8 Å². The topological polar surface area (TPSA) is 27.8 Å². The van der Waals surface area contributed by atoms with E-state index in [1.807, 2.05) is 0 Å². The molecule has 0 radical (unpaired) electrons. The van der Waals surface area contributed by atoms with E-state index in [1.165, 1.54) is 52.7 Å². The summed E-state index contributed by atoms with van der Waals surface area (Å²) in [6.07, 6.45) is 3.96. The Morgan fingerprint density at radius 3 is 2.71 bits per heavy atom. The van der Waals surface area contributed by atoms with Gasteiger partial charge >= 0.3 is 0 Å². The molecule has 2 nitrogen and oxygen atoms in total. The number of allylic oxidation sites excluding steroid dienone is 1. The molecule has 0 unspecified atom stereocenters. The van der Waals surface area contributed by atoms with Crippen molar-refractivity contribution in [3.63, 3.8) is 0 Å². The first kappa shape index (κ1) is 14.2. The number of hydrogen-bond donors (Lipinski definition) is 2. The highest BCUT2D eigenvalue weighted by molar-refractivity contribution is 5.82. The number of nitrogens with one attached hydrogen (secondary N) is 2. The first-order valence-electron chi connectivity index (χ1n) is 8.09. The molecule has 1 saturated carbocycles. The number of aryl methyl sites for hydroxylation is 1. The predicted octanol–water partition coefficient (Wildman–Crippen LogP) is 5.00. The fourth-order valence-electron chi connectivity index (χ4n) is 3.20. The Kier molecular flexibility index (Phi) is 3.79. The summed E-state index contributed by atoms with van der Waals surface area (Å²) in [5.41, 5.74) is 6.51. The summed E-state index contributed by atoms with van der Waals surface area (Å²) in [6, 6.07) is 6.86. The summed E-state index contributed by atoms with van der Waals surface area (Å²) in [5, 5.41) is 4.80. The molecule has 1 fully saturated rings. The zero-order chi connectivity index (χ0) is 15.0. The molecular weight excluding hydrogens is 256 g/mol. The van der Waals surface area contributed by atoms with E-state index in [4.69, 9.17) is 0 Å². The normalized spacial score (nSPS) is 15.4. The standard InChI is InChI=1S/C19H26N2/c1-12(2)18-10-19-16(8-13(18)3)9-17(21-19)11-20-14(4)15-6-5-7-15/h8-10,12,15,20-21H,4-7,11H2,1-3H3. The van der Waals surface area contributed by atoms with Crippen LogP contribution in [0.4, 0.5) is 0 Å². The van der Waals surface area contributed by atoms with E-state index in [1.54, 1.807) is 0 Å². The monoisotopic (exact) mass is 282 g/mol. The number of fused-ring (bicyclic) bond motifs is 1. The summed E-state index contributed by atoms with van der Waals surface area (Å²) in [7, 11) is 0. The Hall–Kier alpha value is -1.70. The van der Waals surface area contributed by atoms with Crippen molar-refractivity contribution < 1.29 is 0 Å². The van der Waals surface area contributed by atoms with E-state index in [9.17, 15) is 0 Å². The van der Waals surface area contributed by atoms with Gasteiger partial charge in [-0.15, -0.1) is 0 Å². The summed E-state index contributed by atoms with van der Waals surface area (Å²) in [4.78, 5) is 3.54. The molecule has 1 heterocycles. The van der Waals surface area contributed by atoms with Gasteiger partial charge in [0.1, 0.15) is 0 Å². The van der Waals surface area contributed by atoms with Gasteiger partial charge in [0, 0.05) is 16.9 Å². The highest BCUT2D eigenvalue weighted by Crippen LogP contribution is 2.31. The third-order valence-electron chi connectivity index (χ3n) is 4.79. The van der Waals surface area contributed by atoms with Crippen LogP contribution in [0.2, 0.25) is 0 Å². The molecule has 3 rings (SSSR count). The van der Waals surface area contributed by atoms with Crippen molar-refractivity contribution >= 4 is 10.9 Å². The van der Waals surface area contributed by atoms with Crippen molar-refractivity contribution in [3.05, 3.63) is 47.3 Å². The number of H-pyrrole nitrogens is 1. The van der Waals surface area contributed by atoms with Gasteiger partial charge in [-0.3, -0.25) is 0 Å². The van der Waals surface area contributed by atoms with Gasteiger partial charge in [0.2, 0.25) is 0 Å². The smallest absolute Gasteiger partial charge is 0.0548 e. The predicted molar refractivity (Wildman–Crippen MR) is 90.4 cm³/mol. The number of rotatable bonds is 5. The minimum absolute atomic E-state index is 0.567. The lowest BCUT2D eigenvalue weighted by molar-refractivity contribution is 0.350. The molecule has 112 valence electrons. The van der Waals surface area contributed by atoms with Gasteiger partial charge in [0.25, 0.3) is 0 Å². The second kappa shape index (κ2) is 5.59.